The Morgan fingerprint density at radius 1 is 1.18 bits per heavy atom. The molecule has 0 bridgehead atoms. The Kier molecular flexibility index (Phi) is 5.62. The molecule has 0 radical (unpaired) electrons. The Balaban J connectivity index is 1.71. The van der Waals surface area contributed by atoms with Crippen LogP contribution in [0.5, 0.6) is 5.75 Å². The lowest BCUT2D eigenvalue weighted by Crippen LogP contribution is -2.21. The van der Waals surface area contributed by atoms with E-state index in [0.29, 0.717) is 23.7 Å². The van der Waals surface area contributed by atoms with Crippen LogP contribution >= 0.6 is 11.8 Å². The summed E-state index contributed by atoms with van der Waals surface area (Å²) in [5, 5.41) is 5.80. The SMILES string of the molecule is C=CCOc1ccc([C@H]2SCC(=O)Nc3c2c(=O)[nH]n3C2CCCCC2)cc1. The molecule has 4 rings (SSSR count). The van der Waals surface area contributed by atoms with Crippen molar-refractivity contribution in [3.05, 3.63) is 58.4 Å². The van der Waals surface area contributed by atoms with E-state index >= 15 is 0 Å². The highest BCUT2D eigenvalue weighted by Gasteiger charge is 2.32. The maximum Gasteiger partial charge on any atom is 0.270 e. The third-order valence-corrected chi connectivity index (χ3v) is 6.62. The zero-order valence-electron chi connectivity index (χ0n) is 15.8. The number of aromatic amines is 1. The standard InChI is InChI=1S/C21H25N3O3S/c1-2-12-27-16-10-8-14(9-11-16)19-18-20(22-17(25)13-28-19)24(23-21(18)26)15-6-4-3-5-7-15/h2,8-11,15,19H,1,3-7,12-13H2,(H,22,25)(H,23,26)/t19-/m1/s1. The van der Waals surface area contributed by atoms with Crippen molar-refractivity contribution < 1.29 is 9.53 Å². The number of ether oxygens (including phenoxy) is 1. The summed E-state index contributed by atoms with van der Waals surface area (Å²) in [7, 11) is 0. The molecule has 1 amide bonds. The molecule has 7 heteroatoms. The van der Waals surface area contributed by atoms with Crippen molar-refractivity contribution in [2.45, 2.75) is 43.4 Å². The number of thioether (sulfide) groups is 1. The van der Waals surface area contributed by atoms with Crippen molar-refractivity contribution in [3.8, 4) is 5.75 Å². The van der Waals surface area contributed by atoms with Crippen molar-refractivity contribution in [2.75, 3.05) is 17.7 Å². The van der Waals surface area contributed by atoms with E-state index in [0.717, 1.165) is 37.0 Å². The average Bonchev–Trinajstić information content (AvgIpc) is 2.93. The summed E-state index contributed by atoms with van der Waals surface area (Å²) in [6.07, 6.45) is 7.29. The van der Waals surface area contributed by atoms with Crippen LogP contribution in [0.15, 0.2) is 41.7 Å². The molecular weight excluding hydrogens is 374 g/mol. The van der Waals surface area contributed by atoms with Crippen LogP contribution in [0.3, 0.4) is 0 Å². The Bertz CT molecular complexity index is 910. The number of H-pyrrole nitrogens is 1. The molecule has 28 heavy (non-hydrogen) atoms. The van der Waals surface area contributed by atoms with Gasteiger partial charge in [-0.2, -0.15) is 0 Å². The van der Waals surface area contributed by atoms with Crippen LogP contribution in [0.2, 0.25) is 0 Å². The Morgan fingerprint density at radius 2 is 1.93 bits per heavy atom. The molecule has 1 atom stereocenters. The van der Waals surface area contributed by atoms with Gasteiger partial charge in [0.1, 0.15) is 18.2 Å². The third kappa shape index (κ3) is 3.76. The number of benzene rings is 1. The van der Waals surface area contributed by atoms with E-state index in [1.54, 1.807) is 6.08 Å². The van der Waals surface area contributed by atoms with Crippen molar-refractivity contribution in [2.24, 2.45) is 0 Å². The van der Waals surface area contributed by atoms with Crippen LogP contribution in [0.1, 0.15) is 54.5 Å². The molecular formula is C21H25N3O3S. The summed E-state index contributed by atoms with van der Waals surface area (Å²) in [4.78, 5) is 25.3. The number of anilines is 1. The van der Waals surface area contributed by atoms with Gasteiger partial charge in [0.2, 0.25) is 5.91 Å². The molecule has 1 aromatic carbocycles. The summed E-state index contributed by atoms with van der Waals surface area (Å²) in [5.74, 6) is 1.65. The molecule has 0 spiro atoms. The molecule has 0 unspecified atom stereocenters. The summed E-state index contributed by atoms with van der Waals surface area (Å²) in [6, 6.07) is 7.96. The fourth-order valence-corrected chi connectivity index (χ4v) is 5.14. The van der Waals surface area contributed by atoms with Crippen LogP contribution in [0.25, 0.3) is 0 Å². The fraction of sp³-hybridized carbons (Fsp3) is 0.429. The van der Waals surface area contributed by atoms with Crippen molar-refractivity contribution in [3.63, 3.8) is 0 Å². The highest BCUT2D eigenvalue weighted by atomic mass is 32.2. The predicted molar refractivity (Wildman–Crippen MR) is 112 cm³/mol. The molecule has 6 nitrogen and oxygen atoms in total. The van der Waals surface area contributed by atoms with Gasteiger partial charge in [-0.3, -0.25) is 19.4 Å². The van der Waals surface area contributed by atoms with Crippen molar-refractivity contribution >= 4 is 23.5 Å². The highest BCUT2D eigenvalue weighted by Crippen LogP contribution is 2.42. The number of amides is 1. The lowest BCUT2D eigenvalue weighted by molar-refractivity contribution is -0.113. The van der Waals surface area contributed by atoms with Gasteiger partial charge in [0.25, 0.3) is 5.56 Å². The Labute approximate surface area is 168 Å². The van der Waals surface area contributed by atoms with Gasteiger partial charge in [0.15, 0.2) is 0 Å². The lowest BCUT2D eigenvalue weighted by Gasteiger charge is -2.24. The van der Waals surface area contributed by atoms with Gasteiger partial charge in [0, 0.05) is 0 Å². The van der Waals surface area contributed by atoms with Crippen LogP contribution < -0.4 is 15.6 Å². The molecule has 2 aliphatic rings. The number of aromatic nitrogens is 2. The summed E-state index contributed by atoms with van der Waals surface area (Å²) < 4.78 is 7.46. The van der Waals surface area contributed by atoms with Gasteiger partial charge in [-0.1, -0.05) is 44.1 Å². The first-order valence-electron chi connectivity index (χ1n) is 9.77. The highest BCUT2D eigenvalue weighted by molar-refractivity contribution is 8.00. The molecule has 1 fully saturated rings. The van der Waals surface area contributed by atoms with Crippen molar-refractivity contribution in [1.29, 1.82) is 0 Å². The van der Waals surface area contributed by atoms with E-state index < -0.39 is 0 Å². The normalized spacial score (nSPS) is 20.1. The smallest absolute Gasteiger partial charge is 0.270 e. The first-order valence-corrected chi connectivity index (χ1v) is 10.8. The molecule has 2 aromatic rings. The minimum absolute atomic E-state index is 0.0664. The number of nitrogens with zero attached hydrogens (tertiary/aromatic N) is 1. The summed E-state index contributed by atoms with van der Waals surface area (Å²) in [6.45, 7) is 4.10. The minimum atomic E-state index is -0.198. The topological polar surface area (TPSA) is 76.1 Å². The molecule has 1 aliphatic heterocycles. The zero-order valence-corrected chi connectivity index (χ0v) is 16.6. The minimum Gasteiger partial charge on any atom is -0.490 e. The number of hydrogen-bond donors (Lipinski definition) is 2. The fourth-order valence-electron chi connectivity index (χ4n) is 4.01. The van der Waals surface area contributed by atoms with Crippen LogP contribution in [-0.4, -0.2) is 28.0 Å². The van der Waals surface area contributed by atoms with Gasteiger partial charge >= 0.3 is 0 Å². The number of rotatable bonds is 5. The summed E-state index contributed by atoms with van der Waals surface area (Å²) >= 11 is 1.48. The number of carbonyl (C=O) groups is 1. The number of carbonyl (C=O) groups excluding carboxylic acids is 1. The molecule has 1 aromatic heterocycles. The molecule has 2 N–H and O–H groups in total. The van der Waals surface area contributed by atoms with Crippen LogP contribution in [0.4, 0.5) is 5.82 Å². The first-order chi connectivity index (χ1) is 13.7. The van der Waals surface area contributed by atoms with E-state index in [9.17, 15) is 9.59 Å². The van der Waals surface area contributed by atoms with E-state index in [-0.39, 0.29) is 22.8 Å². The first kappa shape index (κ1) is 18.9. The van der Waals surface area contributed by atoms with Gasteiger partial charge in [-0.05, 0) is 30.5 Å². The summed E-state index contributed by atoms with van der Waals surface area (Å²) in [5.41, 5.74) is 1.51. The number of fused-ring (bicyclic) bond motifs is 1. The second-order valence-corrected chi connectivity index (χ2v) is 8.37. The number of nitrogens with one attached hydrogen (secondary N) is 2. The van der Waals surface area contributed by atoms with E-state index in [1.165, 1.54) is 18.2 Å². The van der Waals surface area contributed by atoms with Gasteiger partial charge in [-0.15, -0.1) is 11.8 Å². The zero-order chi connectivity index (χ0) is 19.5. The average molecular weight is 400 g/mol. The van der Waals surface area contributed by atoms with Crippen LogP contribution in [-0.2, 0) is 4.79 Å². The Morgan fingerprint density at radius 3 is 2.64 bits per heavy atom. The van der Waals surface area contributed by atoms with E-state index in [2.05, 4.69) is 17.0 Å². The molecule has 2 heterocycles. The predicted octanol–water partition coefficient (Wildman–Crippen LogP) is 4.02. The van der Waals surface area contributed by atoms with Gasteiger partial charge in [-0.25, -0.2) is 0 Å². The quantitative estimate of drug-likeness (QED) is 0.745. The maximum atomic E-state index is 12.9. The van der Waals surface area contributed by atoms with Crippen LogP contribution in [0, 0.1) is 0 Å². The Hall–Kier alpha value is -2.41. The number of hydrogen-bond acceptors (Lipinski definition) is 4. The monoisotopic (exact) mass is 399 g/mol. The molecule has 1 saturated carbocycles. The lowest BCUT2D eigenvalue weighted by atomic mass is 9.95. The second-order valence-electron chi connectivity index (χ2n) is 7.27. The maximum absolute atomic E-state index is 12.9. The third-order valence-electron chi connectivity index (χ3n) is 5.35. The van der Waals surface area contributed by atoms with Crippen molar-refractivity contribution in [1.82, 2.24) is 9.78 Å². The molecule has 148 valence electrons. The van der Waals surface area contributed by atoms with E-state index in [1.807, 2.05) is 28.9 Å². The molecule has 1 aliphatic carbocycles. The van der Waals surface area contributed by atoms with Gasteiger partial charge < -0.3 is 10.1 Å². The second kappa shape index (κ2) is 8.31. The largest absolute Gasteiger partial charge is 0.490 e. The van der Waals surface area contributed by atoms with E-state index in [4.69, 9.17) is 4.74 Å². The molecule has 0 saturated heterocycles. The van der Waals surface area contributed by atoms with Gasteiger partial charge in [0.05, 0.1) is 22.6 Å².